The zero-order valence-corrected chi connectivity index (χ0v) is 10.2. The standard InChI is InChI=1S/C8H9ClN2O4S/c1-3-16(13,14)8-10-4-5(9)6(11-8)7(12)15-2/h4H,3H2,1-2H3. The van der Waals surface area contributed by atoms with Gasteiger partial charge in [0, 0.05) is 0 Å². The zero-order chi connectivity index (χ0) is 12.3. The molecule has 0 aromatic carbocycles. The summed E-state index contributed by atoms with van der Waals surface area (Å²) in [5.74, 6) is -0.963. The number of ether oxygens (including phenoxy) is 1. The number of esters is 1. The zero-order valence-electron chi connectivity index (χ0n) is 8.60. The van der Waals surface area contributed by atoms with Crippen molar-refractivity contribution >= 4 is 27.4 Å². The van der Waals surface area contributed by atoms with E-state index in [9.17, 15) is 13.2 Å². The quantitative estimate of drug-likeness (QED) is 0.590. The fraction of sp³-hybridized carbons (Fsp3) is 0.375. The molecule has 0 N–H and O–H groups in total. The van der Waals surface area contributed by atoms with Crippen LogP contribution < -0.4 is 0 Å². The van der Waals surface area contributed by atoms with Crippen molar-refractivity contribution in [2.24, 2.45) is 0 Å². The number of nitrogens with zero attached hydrogens (tertiary/aromatic N) is 2. The minimum absolute atomic E-state index is 0.0538. The van der Waals surface area contributed by atoms with Gasteiger partial charge in [0.1, 0.15) is 0 Å². The van der Waals surface area contributed by atoms with Gasteiger partial charge in [-0.25, -0.2) is 23.2 Å². The van der Waals surface area contributed by atoms with Crippen LogP contribution >= 0.6 is 11.6 Å². The van der Waals surface area contributed by atoms with Gasteiger partial charge in [0.15, 0.2) is 5.69 Å². The van der Waals surface area contributed by atoms with Crippen LogP contribution in [0, 0.1) is 0 Å². The average Bonchev–Trinajstić information content (AvgIpc) is 2.28. The van der Waals surface area contributed by atoms with Crippen molar-refractivity contribution in [2.45, 2.75) is 12.1 Å². The average molecular weight is 265 g/mol. The third-order valence-corrected chi connectivity index (χ3v) is 3.55. The molecule has 0 fully saturated rings. The summed E-state index contributed by atoms with van der Waals surface area (Å²) in [4.78, 5) is 18.3. The third-order valence-electron chi connectivity index (χ3n) is 1.76. The molecule has 0 atom stereocenters. The van der Waals surface area contributed by atoms with E-state index in [-0.39, 0.29) is 16.5 Å². The fourth-order valence-corrected chi connectivity index (χ4v) is 1.74. The number of halogens is 1. The van der Waals surface area contributed by atoms with Crippen molar-refractivity contribution in [3.63, 3.8) is 0 Å². The van der Waals surface area contributed by atoms with Gasteiger partial charge >= 0.3 is 5.97 Å². The Hall–Kier alpha value is -1.21. The lowest BCUT2D eigenvalue weighted by Gasteiger charge is -2.03. The smallest absolute Gasteiger partial charge is 0.358 e. The number of hydrogen-bond acceptors (Lipinski definition) is 6. The van der Waals surface area contributed by atoms with Gasteiger partial charge in [0.2, 0.25) is 15.0 Å². The summed E-state index contributed by atoms with van der Waals surface area (Å²) >= 11 is 5.64. The fourth-order valence-electron chi connectivity index (χ4n) is 0.870. The molecule has 16 heavy (non-hydrogen) atoms. The van der Waals surface area contributed by atoms with Crippen LogP contribution in [-0.4, -0.2) is 37.2 Å². The van der Waals surface area contributed by atoms with E-state index in [1.54, 1.807) is 0 Å². The Morgan fingerprint density at radius 2 is 2.19 bits per heavy atom. The molecule has 0 aliphatic rings. The number of sulfone groups is 1. The molecule has 0 saturated heterocycles. The molecule has 0 amide bonds. The highest BCUT2D eigenvalue weighted by Crippen LogP contribution is 2.15. The monoisotopic (exact) mass is 264 g/mol. The normalized spacial score (nSPS) is 11.2. The van der Waals surface area contributed by atoms with Crippen LogP contribution in [0.1, 0.15) is 17.4 Å². The molecule has 0 aliphatic heterocycles. The Labute approximate surface area is 97.5 Å². The summed E-state index contributed by atoms with van der Waals surface area (Å²) in [5.41, 5.74) is -0.258. The molecule has 1 aromatic heterocycles. The molecule has 8 heteroatoms. The third kappa shape index (κ3) is 2.48. The molecule has 1 rings (SSSR count). The van der Waals surface area contributed by atoms with Gasteiger partial charge in [0.05, 0.1) is 24.1 Å². The van der Waals surface area contributed by atoms with E-state index in [0.29, 0.717) is 0 Å². The molecule has 0 radical (unpaired) electrons. The number of methoxy groups -OCH3 is 1. The highest BCUT2D eigenvalue weighted by Gasteiger charge is 2.20. The summed E-state index contributed by atoms with van der Waals surface area (Å²) in [5, 5.41) is -0.485. The summed E-state index contributed by atoms with van der Waals surface area (Å²) in [6, 6.07) is 0. The second-order valence-corrected chi connectivity index (χ2v) is 5.32. The first-order chi connectivity index (χ1) is 7.42. The van der Waals surface area contributed by atoms with Crippen LogP contribution in [0.3, 0.4) is 0 Å². The van der Waals surface area contributed by atoms with Crippen molar-refractivity contribution in [1.82, 2.24) is 9.97 Å². The molecule has 0 unspecified atom stereocenters. The lowest BCUT2D eigenvalue weighted by Crippen LogP contribution is -2.13. The van der Waals surface area contributed by atoms with Crippen molar-refractivity contribution in [3.8, 4) is 0 Å². The molecule has 0 aliphatic carbocycles. The van der Waals surface area contributed by atoms with E-state index in [1.165, 1.54) is 6.92 Å². The van der Waals surface area contributed by atoms with E-state index in [2.05, 4.69) is 14.7 Å². The van der Waals surface area contributed by atoms with E-state index < -0.39 is 21.0 Å². The van der Waals surface area contributed by atoms with Crippen LogP contribution in [0.4, 0.5) is 0 Å². The van der Waals surface area contributed by atoms with Crippen LogP contribution in [0.5, 0.6) is 0 Å². The number of rotatable bonds is 3. The van der Waals surface area contributed by atoms with Crippen molar-refractivity contribution < 1.29 is 17.9 Å². The van der Waals surface area contributed by atoms with E-state index >= 15 is 0 Å². The van der Waals surface area contributed by atoms with Crippen LogP contribution in [0.2, 0.25) is 5.02 Å². The second kappa shape index (κ2) is 4.75. The Bertz CT molecular complexity index is 515. The van der Waals surface area contributed by atoms with Gasteiger partial charge in [-0.15, -0.1) is 0 Å². The Kier molecular flexibility index (Phi) is 3.82. The summed E-state index contributed by atoms with van der Waals surface area (Å²) in [6.07, 6.45) is 1.06. The van der Waals surface area contributed by atoms with Crippen molar-refractivity contribution in [2.75, 3.05) is 12.9 Å². The molecule has 1 aromatic rings. The van der Waals surface area contributed by atoms with Crippen molar-refractivity contribution in [3.05, 3.63) is 16.9 Å². The van der Waals surface area contributed by atoms with Crippen LogP contribution in [0.25, 0.3) is 0 Å². The first-order valence-electron chi connectivity index (χ1n) is 4.26. The number of aromatic nitrogens is 2. The molecule has 6 nitrogen and oxygen atoms in total. The van der Waals surface area contributed by atoms with E-state index in [0.717, 1.165) is 13.3 Å². The summed E-state index contributed by atoms with van der Waals surface area (Å²) in [7, 11) is -2.42. The van der Waals surface area contributed by atoms with Gasteiger partial charge in [0.25, 0.3) is 0 Å². The largest absolute Gasteiger partial charge is 0.464 e. The Balaban J connectivity index is 3.34. The van der Waals surface area contributed by atoms with E-state index in [4.69, 9.17) is 11.6 Å². The highest BCUT2D eigenvalue weighted by molar-refractivity contribution is 7.91. The first-order valence-corrected chi connectivity index (χ1v) is 6.29. The maximum atomic E-state index is 11.5. The van der Waals surface area contributed by atoms with Crippen LogP contribution in [0.15, 0.2) is 11.4 Å². The second-order valence-electron chi connectivity index (χ2n) is 2.74. The molecule has 0 saturated carbocycles. The minimum Gasteiger partial charge on any atom is -0.464 e. The molecule has 0 bridgehead atoms. The minimum atomic E-state index is -3.57. The lowest BCUT2D eigenvalue weighted by atomic mass is 10.4. The Morgan fingerprint density at radius 3 is 2.69 bits per heavy atom. The highest BCUT2D eigenvalue weighted by atomic mass is 35.5. The van der Waals surface area contributed by atoms with E-state index in [1.807, 2.05) is 0 Å². The van der Waals surface area contributed by atoms with Gasteiger partial charge in [-0.2, -0.15) is 0 Å². The van der Waals surface area contributed by atoms with Crippen molar-refractivity contribution in [1.29, 1.82) is 0 Å². The number of hydrogen-bond donors (Lipinski definition) is 0. The maximum absolute atomic E-state index is 11.5. The number of carbonyl (C=O) groups is 1. The topological polar surface area (TPSA) is 86.2 Å². The van der Waals surface area contributed by atoms with Gasteiger partial charge < -0.3 is 4.74 Å². The summed E-state index contributed by atoms with van der Waals surface area (Å²) < 4.78 is 27.3. The maximum Gasteiger partial charge on any atom is 0.358 e. The first kappa shape index (κ1) is 12.9. The SMILES string of the molecule is CCS(=O)(=O)c1ncc(Cl)c(C(=O)OC)n1. The molecule has 88 valence electrons. The Morgan fingerprint density at radius 1 is 1.56 bits per heavy atom. The number of carbonyl (C=O) groups excluding carboxylic acids is 1. The van der Waals surface area contributed by atoms with Crippen LogP contribution in [-0.2, 0) is 14.6 Å². The van der Waals surface area contributed by atoms with Gasteiger partial charge in [-0.1, -0.05) is 18.5 Å². The molecule has 1 heterocycles. The molecular formula is C8H9ClN2O4S. The van der Waals surface area contributed by atoms with Gasteiger partial charge in [-0.3, -0.25) is 0 Å². The predicted molar refractivity (Wildman–Crippen MR) is 56.1 cm³/mol. The molecule has 0 spiro atoms. The predicted octanol–water partition coefficient (Wildman–Crippen LogP) is 0.710. The van der Waals surface area contributed by atoms with Gasteiger partial charge in [-0.05, 0) is 0 Å². The lowest BCUT2D eigenvalue weighted by molar-refractivity contribution is 0.0593. The molecular weight excluding hydrogens is 256 g/mol. The summed E-state index contributed by atoms with van der Waals surface area (Å²) in [6.45, 7) is 1.45.